The number of rotatable bonds is 6. The largest absolute Gasteiger partial charge is 0.507 e. The second-order valence-corrected chi connectivity index (χ2v) is 8.56. The van der Waals surface area contributed by atoms with E-state index < -0.39 is 23.1 Å². The Morgan fingerprint density at radius 3 is 2.13 bits per heavy atom. The standard InChI is InChI=1S/C28H24O10/c1-33-18-6-5-13(7-19(18)34-2)16-12-37-28-24-15(14-8-21(35-3)27(32)22(9-14)36-4)10-23(30)38-20(24)11-17(29)25(28)26(16)31/h5-9,11-12,15,29,32H,10H2,1-4H3/t15-/m0/s1. The molecule has 1 aliphatic heterocycles. The Morgan fingerprint density at radius 2 is 1.50 bits per heavy atom. The predicted molar refractivity (Wildman–Crippen MR) is 136 cm³/mol. The van der Waals surface area contributed by atoms with Crippen LogP contribution in [0.1, 0.15) is 23.5 Å². The minimum atomic E-state index is -0.659. The van der Waals surface area contributed by atoms with E-state index in [2.05, 4.69) is 0 Å². The van der Waals surface area contributed by atoms with Crippen molar-refractivity contribution in [2.45, 2.75) is 12.3 Å². The molecule has 0 amide bonds. The van der Waals surface area contributed by atoms with Crippen molar-refractivity contribution in [3.8, 4) is 51.4 Å². The van der Waals surface area contributed by atoms with Crippen molar-refractivity contribution < 1.29 is 43.1 Å². The van der Waals surface area contributed by atoms with E-state index in [4.69, 9.17) is 28.1 Å². The van der Waals surface area contributed by atoms with E-state index in [0.717, 1.165) is 0 Å². The van der Waals surface area contributed by atoms with Crippen LogP contribution in [0.4, 0.5) is 0 Å². The summed E-state index contributed by atoms with van der Waals surface area (Å²) in [5.74, 6) is -0.554. The van der Waals surface area contributed by atoms with Crippen LogP contribution in [-0.4, -0.2) is 44.6 Å². The number of carbonyl (C=O) groups excluding carboxylic acids is 1. The maximum atomic E-state index is 13.7. The van der Waals surface area contributed by atoms with E-state index in [1.54, 1.807) is 30.3 Å². The Bertz CT molecular complexity index is 1610. The highest BCUT2D eigenvalue weighted by Crippen LogP contribution is 2.48. The van der Waals surface area contributed by atoms with E-state index in [-0.39, 0.29) is 46.0 Å². The molecule has 0 saturated carbocycles. The van der Waals surface area contributed by atoms with Gasteiger partial charge in [0.25, 0.3) is 0 Å². The number of phenols is 2. The minimum absolute atomic E-state index is 0.0595. The van der Waals surface area contributed by atoms with Gasteiger partial charge in [0.2, 0.25) is 11.2 Å². The summed E-state index contributed by atoms with van der Waals surface area (Å²) in [7, 11) is 5.77. The highest BCUT2D eigenvalue weighted by Gasteiger charge is 2.34. The normalized spacial score (nSPS) is 14.5. The van der Waals surface area contributed by atoms with E-state index in [1.165, 1.54) is 40.8 Å². The zero-order valence-electron chi connectivity index (χ0n) is 21.0. The number of hydrogen-bond acceptors (Lipinski definition) is 10. The summed E-state index contributed by atoms with van der Waals surface area (Å²) in [6, 6.07) is 9.33. The Morgan fingerprint density at radius 1 is 0.842 bits per heavy atom. The average molecular weight is 520 g/mol. The number of esters is 1. The molecule has 10 nitrogen and oxygen atoms in total. The Hall–Kier alpha value is -4.86. The van der Waals surface area contributed by atoms with Crippen LogP contribution >= 0.6 is 0 Å². The third-order valence-electron chi connectivity index (χ3n) is 6.57. The smallest absolute Gasteiger partial charge is 0.312 e. The molecule has 1 aromatic heterocycles. The maximum Gasteiger partial charge on any atom is 0.312 e. The minimum Gasteiger partial charge on any atom is -0.507 e. The van der Waals surface area contributed by atoms with Crippen molar-refractivity contribution in [2.75, 3.05) is 28.4 Å². The molecule has 0 bridgehead atoms. The van der Waals surface area contributed by atoms with Crippen molar-refractivity contribution in [3.05, 3.63) is 64.0 Å². The first kappa shape index (κ1) is 24.8. The molecule has 0 spiro atoms. The molecule has 0 fully saturated rings. The molecule has 0 unspecified atom stereocenters. The van der Waals surface area contributed by atoms with Crippen LogP contribution in [0, 0.1) is 0 Å². The third-order valence-corrected chi connectivity index (χ3v) is 6.57. The van der Waals surface area contributed by atoms with Crippen LogP contribution in [0.3, 0.4) is 0 Å². The average Bonchev–Trinajstić information content (AvgIpc) is 2.92. The lowest BCUT2D eigenvalue weighted by molar-refractivity contribution is -0.135. The van der Waals surface area contributed by atoms with Gasteiger partial charge in [0, 0.05) is 17.5 Å². The highest BCUT2D eigenvalue weighted by molar-refractivity contribution is 5.94. The first-order valence-electron chi connectivity index (χ1n) is 11.5. The molecule has 38 heavy (non-hydrogen) atoms. The number of aromatic hydroxyl groups is 2. The summed E-state index contributed by atoms with van der Waals surface area (Å²) in [5.41, 5.74) is 1.20. The van der Waals surface area contributed by atoms with Gasteiger partial charge in [-0.2, -0.15) is 0 Å². The van der Waals surface area contributed by atoms with Crippen LogP contribution in [-0.2, 0) is 4.79 Å². The van der Waals surface area contributed by atoms with Gasteiger partial charge in [-0.25, -0.2) is 0 Å². The van der Waals surface area contributed by atoms with E-state index in [1.807, 2.05) is 0 Å². The summed E-state index contributed by atoms with van der Waals surface area (Å²) in [6.07, 6.45) is 1.20. The molecule has 3 aromatic carbocycles. The molecule has 2 N–H and O–H groups in total. The zero-order chi connectivity index (χ0) is 27.1. The topological polar surface area (TPSA) is 134 Å². The molecule has 1 aliphatic rings. The third kappa shape index (κ3) is 3.90. The van der Waals surface area contributed by atoms with Gasteiger partial charge in [-0.05, 0) is 35.4 Å². The maximum absolute atomic E-state index is 13.7. The van der Waals surface area contributed by atoms with Crippen molar-refractivity contribution in [1.29, 1.82) is 0 Å². The molecule has 2 heterocycles. The number of fused-ring (bicyclic) bond motifs is 3. The molecule has 5 rings (SSSR count). The summed E-state index contributed by atoms with van der Waals surface area (Å²) in [5, 5.41) is 21.1. The molecular weight excluding hydrogens is 496 g/mol. The number of ether oxygens (including phenoxy) is 5. The van der Waals surface area contributed by atoms with Crippen LogP contribution in [0.5, 0.6) is 40.2 Å². The second kappa shape index (κ2) is 9.55. The summed E-state index contributed by atoms with van der Waals surface area (Å²) in [4.78, 5) is 26.2. The molecule has 196 valence electrons. The fourth-order valence-electron chi connectivity index (χ4n) is 4.73. The molecular formula is C28H24O10. The van der Waals surface area contributed by atoms with Crippen molar-refractivity contribution in [3.63, 3.8) is 0 Å². The van der Waals surface area contributed by atoms with E-state index in [0.29, 0.717) is 28.2 Å². The van der Waals surface area contributed by atoms with Crippen LogP contribution in [0.15, 0.2) is 51.9 Å². The van der Waals surface area contributed by atoms with Gasteiger partial charge >= 0.3 is 5.97 Å². The van der Waals surface area contributed by atoms with Gasteiger partial charge in [0.05, 0.1) is 40.4 Å². The number of methoxy groups -OCH3 is 4. The van der Waals surface area contributed by atoms with Crippen LogP contribution in [0.25, 0.3) is 22.1 Å². The van der Waals surface area contributed by atoms with Gasteiger partial charge < -0.3 is 38.3 Å². The fourth-order valence-corrected chi connectivity index (χ4v) is 4.73. The lowest BCUT2D eigenvalue weighted by Gasteiger charge is -2.26. The predicted octanol–water partition coefficient (Wildman–Crippen LogP) is 4.35. The number of hydrogen-bond donors (Lipinski definition) is 2. The van der Waals surface area contributed by atoms with Crippen LogP contribution < -0.4 is 29.1 Å². The first-order valence-corrected chi connectivity index (χ1v) is 11.5. The highest BCUT2D eigenvalue weighted by atomic mass is 16.5. The second-order valence-electron chi connectivity index (χ2n) is 8.56. The van der Waals surface area contributed by atoms with Gasteiger partial charge in [-0.15, -0.1) is 0 Å². The Balaban J connectivity index is 1.75. The van der Waals surface area contributed by atoms with E-state index in [9.17, 15) is 19.8 Å². The van der Waals surface area contributed by atoms with Gasteiger partial charge in [-0.1, -0.05) is 6.07 Å². The van der Waals surface area contributed by atoms with E-state index >= 15 is 0 Å². The van der Waals surface area contributed by atoms with Crippen molar-refractivity contribution in [2.24, 2.45) is 0 Å². The SMILES string of the molecule is COc1ccc(-c2coc3c4c(cc(O)c3c2=O)OC(=O)C[C@H]4c2cc(OC)c(O)c(OC)c2)cc1OC. The summed E-state index contributed by atoms with van der Waals surface area (Å²) >= 11 is 0. The molecule has 0 saturated heterocycles. The Labute approximate surface area is 216 Å². The quantitative estimate of drug-likeness (QED) is 0.279. The van der Waals surface area contributed by atoms with Gasteiger partial charge in [0.1, 0.15) is 28.7 Å². The number of benzene rings is 3. The molecule has 0 aliphatic carbocycles. The van der Waals surface area contributed by atoms with Gasteiger partial charge in [-0.3, -0.25) is 9.59 Å². The molecule has 10 heteroatoms. The molecule has 1 atom stereocenters. The zero-order valence-corrected chi connectivity index (χ0v) is 21.0. The fraction of sp³-hybridized carbons (Fsp3) is 0.214. The summed E-state index contributed by atoms with van der Waals surface area (Å²) in [6.45, 7) is 0. The number of carbonyl (C=O) groups is 1. The Kier molecular flexibility index (Phi) is 6.23. The van der Waals surface area contributed by atoms with Crippen molar-refractivity contribution in [1.82, 2.24) is 0 Å². The summed E-state index contributed by atoms with van der Waals surface area (Å²) < 4.78 is 32.6. The lowest BCUT2D eigenvalue weighted by Crippen LogP contribution is -2.22. The van der Waals surface area contributed by atoms with Gasteiger partial charge in [0.15, 0.2) is 23.0 Å². The molecule has 4 aromatic rings. The van der Waals surface area contributed by atoms with Crippen molar-refractivity contribution >= 4 is 16.9 Å². The lowest BCUT2D eigenvalue weighted by atomic mass is 9.84. The molecule has 0 radical (unpaired) electrons. The number of phenolic OH excluding ortho intramolecular Hbond substituents is 2. The monoisotopic (exact) mass is 520 g/mol. The first-order chi connectivity index (χ1) is 18.3. The van der Waals surface area contributed by atoms with Crippen LogP contribution in [0.2, 0.25) is 0 Å².